The molecule has 2 rings (SSSR count). The van der Waals surface area contributed by atoms with E-state index >= 15 is 0 Å². The molecule has 1 N–H and O–H groups in total. The summed E-state index contributed by atoms with van der Waals surface area (Å²) in [5.41, 5.74) is 0. The van der Waals surface area contributed by atoms with Crippen molar-refractivity contribution in [2.45, 2.75) is 19.7 Å². The first kappa shape index (κ1) is 6.60. The smallest absolute Gasteiger partial charge is 0.231 e. The maximum Gasteiger partial charge on any atom is 0.231 e. The fourth-order valence-electron chi connectivity index (χ4n) is 1.56. The molecule has 0 saturated carbocycles. The van der Waals surface area contributed by atoms with Gasteiger partial charge in [-0.25, -0.2) is 0 Å². The Bertz CT molecular complexity index is 289. The molecule has 1 fully saturated rings. The third-order valence-electron chi connectivity index (χ3n) is 2.32. The molecule has 0 spiro atoms. The quantitative estimate of drug-likeness (QED) is 0.670. The van der Waals surface area contributed by atoms with E-state index < -0.39 is 0 Å². The first-order chi connectivity index (χ1) is 6.31. The van der Waals surface area contributed by atoms with Crippen molar-refractivity contribution in [2.75, 3.05) is 13.1 Å². The second-order valence-corrected chi connectivity index (χ2v) is 3.29. The van der Waals surface area contributed by atoms with Gasteiger partial charge in [-0.1, -0.05) is 12.1 Å². The van der Waals surface area contributed by atoms with Crippen LogP contribution in [-0.4, -0.2) is 23.2 Å². The fourth-order valence-corrected chi connectivity index (χ4v) is 1.56. The Morgan fingerprint density at radius 3 is 3.17 bits per heavy atom. The molecule has 12 heavy (non-hydrogen) atoms. The molecule has 2 atom stereocenters. The van der Waals surface area contributed by atoms with E-state index in [0.29, 0.717) is 23.6 Å². The largest absolute Gasteiger partial charge is 0.339 e. The molecule has 2 heterocycles. The summed E-state index contributed by atoms with van der Waals surface area (Å²) in [5.74, 6) is 2.03. The molecule has 0 aliphatic carbocycles. The Kier molecular flexibility index (Phi) is 1.57. The topological polar surface area (TPSA) is 51.0 Å². The Labute approximate surface area is 72.8 Å². The highest BCUT2D eigenvalue weighted by atomic mass is 16.5. The standard InChI is InChI=1S/C8H13N3O/c1-5-3-9-4-7(5)8-10-6(2)11-12-8/h5,7,9H,3-4H2,1-2H3/t5-,7-/m0/s1/i2D. The van der Waals surface area contributed by atoms with Gasteiger partial charge in [0.05, 0.1) is 5.92 Å². The predicted octanol–water partition coefficient (Wildman–Crippen LogP) is 0.701. The first-order valence-electron chi connectivity index (χ1n) is 4.84. The number of hydrogen-bond acceptors (Lipinski definition) is 4. The van der Waals surface area contributed by atoms with Crippen molar-refractivity contribution < 1.29 is 5.89 Å². The Balaban J connectivity index is 2.15. The highest BCUT2D eigenvalue weighted by molar-refractivity contribution is 4.99. The monoisotopic (exact) mass is 168 g/mol. The summed E-state index contributed by atoms with van der Waals surface area (Å²) in [5, 5.41) is 6.99. The average Bonchev–Trinajstić information content (AvgIpc) is 2.71. The lowest BCUT2D eigenvalue weighted by molar-refractivity contribution is 0.337. The van der Waals surface area contributed by atoms with Crippen molar-refractivity contribution in [1.82, 2.24) is 15.5 Å². The molecule has 1 aliphatic heterocycles. The molecule has 1 aromatic rings. The molecule has 0 aromatic carbocycles. The first-order valence-corrected chi connectivity index (χ1v) is 4.13. The summed E-state index contributed by atoms with van der Waals surface area (Å²) in [7, 11) is 0. The number of nitrogens with one attached hydrogen (secondary N) is 1. The van der Waals surface area contributed by atoms with Crippen molar-refractivity contribution in [2.24, 2.45) is 5.92 Å². The van der Waals surface area contributed by atoms with Crippen molar-refractivity contribution in [3.8, 4) is 0 Å². The third-order valence-corrected chi connectivity index (χ3v) is 2.32. The van der Waals surface area contributed by atoms with Crippen LogP contribution in [0.25, 0.3) is 0 Å². The fraction of sp³-hybridized carbons (Fsp3) is 0.750. The molecular weight excluding hydrogens is 154 g/mol. The van der Waals surface area contributed by atoms with E-state index in [0.717, 1.165) is 13.1 Å². The van der Waals surface area contributed by atoms with Crippen LogP contribution < -0.4 is 5.32 Å². The SMILES string of the molecule is [2H]Cc1noc([C@H]2CNC[C@@H]2C)n1. The summed E-state index contributed by atoms with van der Waals surface area (Å²) in [6.45, 7) is 4.16. The molecule has 0 unspecified atom stereocenters. The highest BCUT2D eigenvalue weighted by Crippen LogP contribution is 2.25. The van der Waals surface area contributed by atoms with Crippen LogP contribution in [-0.2, 0) is 0 Å². The number of aryl methyl sites for hydroxylation is 1. The van der Waals surface area contributed by atoms with Gasteiger partial charge >= 0.3 is 0 Å². The van der Waals surface area contributed by atoms with E-state index in [9.17, 15) is 0 Å². The zero-order valence-electron chi connectivity index (χ0n) is 8.08. The van der Waals surface area contributed by atoms with Gasteiger partial charge in [-0.05, 0) is 19.4 Å². The van der Waals surface area contributed by atoms with Crippen LogP contribution in [0, 0.1) is 12.8 Å². The third kappa shape index (κ3) is 1.22. The zero-order chi connectivity index (χ0) is 9.26. The Morgan fingerprint density at radius 1 is 1.67 bits per heavy atom. The van der Waals surface area contributed by atoms with Crippen LogP contribution in [0.15, 0.2) is 4.52 Å². The van der Waals surface area contributed by atoms with Gasteiger partial charge in [-0.3, -0.25) is 0 Å². The lowest BCUT2D eigenvalue weighted by Gasteiger charge is -2.06. The van der Waals surface area contributed by atoms with E-state index in [-0.39, 0.29) is 6.90 Å². The minimum Gasteiger partial charge on any atom is -0.339 e. The van der Waals surface area contributed by atoms with Crippen molar-refractivity contribution in [3.63, 3.8) is 0 Å². The van der Waals surface area contributed by atoms with Gasteiger partial charge in [0, 0.05) is 7.92 Å². The maximum absolute atomic E-state index is 7.08. The summed E-state index contributed by atoms with van der Waals surface area (Å²) in [6, 6.07) is 0. The van der Waals surface area contributed by atoms with E-state index in [4.69, 9.17) is 5.89 Å². The van der Waals surface area contributed by atoms with Crippen LogP contribution in [0.1, 0.15) is 25.9 Å². The minimum atomic E-state index is 0.0953. The normalized spacial score (nSPS) is 30.6. The number of hydrogen-bond donors (Lipinski definition) is 1. The Hall–Kier alpha value is -0.900. The Morgan fingerprint density at radius 2 is 2.58 bits per heavy atom. The summed E-state index contributed by atoms with van der Waals surface area (Å²) in [6.07, 6.45) is 0. The van der Waals surface area contributed by atoms with Gasteiger partial charge in [0.15, 0.2) is 5.82 Å². The minimum absolute atomic E-state index is 0.0953. The molecule has 4 nitrogen and oxygen atoms in total. The number of rotatable bonds is 1. The second-order valence-electron chi connectivity index (χ2n) is 3.29. The number of aromatic nitrogens is 2. The highest BCUT2D eigenvalue weighted by Gasteiger charge is 2.28. The summed E-state index contributed by atoms with van der Waals surface area (Å²) in [4.78, 5) is 4.16. The van der Waals surface area contributed by atoms with Gasteiger partial charge in [-0.2, -0.15) is 4.98 Å². The molecule has 0 amide bonds. The van der Waals surface area contributed by atoms with Crippen LogP contribution in [0.4, 0.5) is 0 Å². The van der Waals surface area contributed by atoms with Gasteiger partial charge < -0.3 is 9.84 Å². The second kappa shape index (κ2) is 2.86. The van der Waals surface area contributed by atoms with Gasteiger partial charge in [0.2, 0.25) is 5.89 Å². The van der Waals surface area contributed by atoms with E-state index in [2.05, 4.69) is 22.4 Å². The molecule has 1 aromatic heterocycles. The zero-order valence-corrected chi connectivity index (χ0v) is 7.08. The van der Waals surface area contributed by atoms with E-state index in [1.54, 1.807) is 0 Å². The summed E-state index contributed by atoms with van der Waals surface area (Å²) < 4.78 is 12.2. The predicted molar refractivity (Wildman–Crippen MR) is 43.8 cm³/mol. The molecule has 1 aliphatic rings. The van der Waals surface area contributed by atoms with Gasteiger partial charge in [0.1, 0.15) is 0 Å². The van der Waals surface area contributed by atoms with Gasteiger partial charge in [-0.15, -0.1) is 0 Å². The molecule has 1 saturated heterocycles. The van der Waals surface area contributed by atoms with Crippen LogP contribution in [0.5, 0.6) is 0 Å². The number of nitrogens with zero attached hydrogens (tertiary/aromatic N) is 2. The van der Waals surface area contributed by atoms with E-state index in [1.807, 2.05) is 0 Å². The van der Waals surface area contributed by atoms with Crippen molar-refractivity contribution in [3.05, 3.63) is 11.7 Å². The molecule has 0 bridgehead atoms. The van der Waals surface area contributed by atoms with Crippen molar-refractivity contribution in [1.29, 1.82) is 0 Å². The van der Waals surface area contributed by atoms with E-state index in [1.165, 1.54) is 0 Å². The van der Waals surface area contributed by atoms with Crippen LogP contribution in [0.2, 0.25) is 0 Å². The van der Waals surface area contributed by atoms with Gasteiger partial charge in [0.25, 0.3) is 0 Å². The van der Waals surface area contributed by atoms with Crippen molar-refractivity contribution >= 4 is 0 Å². The molecule has 66 valence electrons. The molecular formula is C8H13N3O. The molecule has 0 radical (unpaired) electrons. The maximum atomic E-state index is 7.08. The molecule has 4 heteroatoms. The summed E-state index contributed by atoms with van der Waals surface area (Å²) >= 11 is 0. The lowest BCUT2D eigenvalue weighted by atomic mass is 9.98. The lowest BCUT2D eigenvalue weighted by Crippen LogP contribution is -2.08. The average molecular weight is 168 g/mol. The van der Waals surface area contributed by atoms with Crippen LogP contribution in [0.3, 0.4) is 0 Å². The van der Waals surface area contributed by atoms with Crippen LogP contribution >= 0.6 is 0 Å².